The molecule has 0 aliphatic carbocycles. The van der Waals surface area contributed by atoms with Crippen LogP contribution in [0.15, 0.2) is 4.99 Å². The number of hydrogen-bond donors (Lipinski definition) is 2. The number of aromatic nitrogens is 3. The van der Waals surface area contributed by atoms with Gasteiger partial charge in [0, 0.05) is 53.2 Å². The highest BCUT2D eigenvalue weighted by molar-refractivity contribution is 14.0. The minimum atomic E-state index is 0. The monoisotopic (exact) mass is 536 g/mol. The molecule has 1 aromatic rings. The Labute approximate surface area is 196 Å². The number of halogens is 1. The minimum Gasteiger partial charge on any atom is -0.381 e. The molecular formula is C20H37IN6O3. The minimum absolute atomic E-state index is 0. The average molecular weight is 536 g/mol. The molecule has 0 spiro atoms. The van der Waals surface area contributed by atoms with E-state index in [0.29, 0.717) is 12.5 Å². The van der Waals surface area contributed by atoms with Crippen molar-refractivity contribution in [2.75, 3.05) is 46.1 Å². The quantitative estimate of drug-likeness (QED) is 0.204. The zero-order valence-corrected chi connectivity index (χ0v) is 20.6. The van der Waals surface area contributed by atoms with Crippen molar-refractivity contribution in [3.8, 4) is 0 Å². The number of aryl methyl sites for hydroxylation is 1. The Morgan fingerprint density at radius 2 is 2.03 bits per heavy atom. The fourth-order valence-corrected chi connectivity index (χ4v) is 3.47. The Balaban J connectivity index is 0.00000320. The molecule has 2 aliphatic heterocycles. The van der Waals surface area contributed by atoms with Gasteiger partial charge in [0.2, 0.25) is 0 Å². The summed E-state index contributed by atoms with van der Waals surface area (Å²) >= 11 is 0. The molecule has 0 radical (unpaired) electrons. The number of guanidine groups is 1. The third-order valence-electron chi connectivity index (χ3n) is 5.53. The van der Waals surface area contributed by atoms with Crippen LogP contribution in [0.1, 0.15) is 43.8 Å². The fraction of sp³-hybridized carbons (Fsp3) is 0.850. The second-order valence-corrected chi connectivity index (χ2v) is 7.81. The number of hydrogen-bond acceptors (Lipinski definition) is 6. The predicted molar refractivity (Wildman–Crippen MR) is 126 cm³/mol. The molecule has 1 atom stereocenters. The Kier molecular flexibility index (Phi) is 11.9. The van der Waals surface area contributed by atoms with E-state index in [0.717, 1.165) is 95.8 Å². The van der Waals surface area contributed by atoms with E-state index in [9.17, 15) is 0 Å². The van der Waals surface area contributed by atoms with E-state index in [1.807, 2.05) is 18.5 Å². The molecule has 10 heteroatoms. The van der Waals surface area contributed by atoms with Crippen LogP contribution in [0.25, 0.3) is 0 Å². The summed E-state index contributed by atoms with van der Waals surface area (Å²) in [6, 6.07) is 0. The zero-order valence-electron chi connectivity index (χ0n) is 18.3. The van der Waals surface area contributed by atoms with Crippen molar-refractivity contribution in [3.63, 3.8) is 0 Å². The fourth-order valence-electron chi connectivity index (χ4n) is 3.47. The highest BCUT2D eigenvalue weighted by Gasteiger charge is 2.16. The molecule has 2 fully saturated rings. The lowest BCUT2D eigenvalue weighted by atomic mass is 10.0. The van der Waals surface area contributed by atoms with Crippen molar-refractivity contribution in [2.45, 2.75) is 51.7 Å². The summed E-state index contributed by atoms with van der Waals surface area (Å²) in [5.41, 5.74) is 0. The summed E-state index contributed by atoms with van der Waals surface area (Å²) in [6.45, 7) is 8.20. The summed E-state index contributed by atoms with van der Waals surface area (Å²) in [7, 11) is 1.96. The van der Waals surface area contributed by atoms with Crippen molar-refractivity contribution in [1.82, 2.24) is 25.4 Å². The van der Waals surface area contributed by atoms with E-state index in [1.165, 1.54) is 0 Å². The SMILES string of the molecule is Cc1nnc(CN=C(NCCCOCC2CCOCC2)NCC2CCCO2)n1C.I. The molecule has 0 bridgehead atoms. The maximum atomic E-state index is 5.85. The summed E-state index contributed by atoms with van der Waals surface area (Å²) in [4.78, 5) is 4.68. The highest BCUT2D eigenvalue weighted by atomic mass is 127. The lowest BCUT2D eigenvalue weighted by molar-refractivity contribution is 0.0203. The normalized spacial score (nSPS) is 20.2. The zero-order chi connectivity index (χ0) is 20.3. The van der Waals surface area contributed by atoms with E-state index in [1.54, 1.807) is 0 Å². The summed E-state index contributed by atoms with van der Waals surface area (Å²) in [5, 5.41) is 15.1. The van der Waals surface area contributed by atoms with Crippen molar-refractivity contribution in [2.24, 2.45) is 18.0 Å². The van der Waals surface area contributed by atoms with Gasteiger partial charge in [0.25, 0.3) is 0 Å². The van der Waals surface area contributed by atoms with Crippen LogP contribution in [-0.2, 0) is 27.8 Å². The van der Waals surface area contributed by atoms with Gasteiger partial charge in [-0.3, -0.25) is 0 Å². The molecule has 1 unspecified atom stereocenters. The maximum Gasteiger partial charge on any atom is 0.191 e. The topological polar surface area (TPSA) is 94.8 Å². The third-order valence-corrected chi connectivity index (χ3v) is 5.53. The largest absolute Gasteiger partial charge is 0.381 e. The van der Waals surface area contributed by atoms with Crippen molar-refractivity contribution in [1.29, 1.82) is 0 Å². The van der Waals surface area contributed by atoms with E-state index in [2.05, 4.69) is 25.8 Å². The Morgan fingerprint density at radius 1 is 1.20 bits per heavy atom. The highest BCUT2D eigenvalue weighted by Crippen LogP contribution is 2.14. The molecule has 172 valence electrons. The summed E-state index contributed by atoms with van der Waals surface area (Å²) in [5.74, 6) is 3.17. The first-order valence-corrected chi connectivity index (χ1v) is 10.9. The number of nitrogens with zero attached hydrogens (tertiary/aromatic N) is 4. The van der Waals surface area contributed by atoms with Crippen LogP contribution < -0.4 is 10.6 Å². The van der Waals surface area contributed by atoms with Crippen LogP contribution >= 0.6 is 24.0 Å². The van der Waals surface area contributed by atoms with E-state index in [-0.39, 0.29) is 30.1 Å². The van der Waals surface area contributed by atoms with E-state index < -0.39 is 0 Å². The van der Waals surface area contributed by atoms with Crippen LogP contribution in [0.3, 0.4) is 0 Å². The smallest absolute Gasteiger partial charge is 0.191 e. The van der Waals surface area contributed by atoms with Gasteiger partial charge in [-0.25, -0.2) is 4.99 Å². The molecule has 3 rings (SSSR count). The first-order chi connectivity index (χ1) is 14.2. The number of aliphatic imine (C=N–C) groups is 1. The first-order valence-electron chi connectivity index (χ1n) is 10.9. The molecule has 9 nitrogen and oxygen atoms in total. The van der Waals surface area contributed by atoms with Gasteiger partial charge >= 0.3 is 0 Å². The van der Waals surface area contributed by atoms with Crippen LogP contribution in [0.5, 0.6) is 0 Å². The van der Waals surface area contributed by atoms with Crippen LogP contribution in [-0.4, -0.2) is 73.0 Å². The number of rotatable bonds is 10. The molecule has 0 aromatic carbocycles. The van der Waals surface area contributed by atoms with Gasteiger partial charge in [0.15, 0.2) is 11.8 Å². The molecule has 1 aromatic heterocycles. The Hall–Kier alpha value is -0.980. The average Bonchev–Trinajstić information content (AvgIpc) is 3.37. The summed E-state index contributed by atoms with van der Waals surface area (Å²) < 4.78 is 18.9. The predicted octanol–water partition coefficient (Wildman–Crippen LogP) is 1.79. The Bertz CT molecular complexity index is 630. The van der Waals surface area contributed by atoms with Gasteiger partial charge in [-0.05, 0) is 44.9 Å². The van der Waals surface area contributed by atoms with Gasteiger partial charge in [-0.2, -0.15) is 0 Å². The molecule has 2 saturated heterocycles. The first kappa shape index (κ1) is 25.3. The molecule has 30 heavy (non-hydrogen) atoms. The lowest BCUT2D eigenvalue weighted by Crippen LogP contribution is -2.41. The van der Waals surface area contributed by atoms with Crippen LogP contribution in [0.2, 0.25) is 0 Å². The maximum absolute atomic E-state index is 5.85. The van der Waals surface area contributed by atoms with E-state index >= 15 is 0 Å². The van der Waals surface area contributed by atoms with Crippen molar-refractivity contribution in [3.05, 3.63) is 11.6 Å². The Morgan fingerprint density at radius 3 is 2.73 bits per heavy atom. The summed E-state index contributed by atoms with van der Waals surface area (Å²) in [6.07, 6.45) is 5.67. The lowest BCUT2D eigenvalue weighted by Gasteiger charge is -2.21. The van der Waals surface area contributed by atoms with Crippen LogP contribution in [0, 0.1) is 12.8 Å². The van der Waals surface area contributed by atoms with Gasteiger partial charge in [-0.15, -0.1) is 34.2 Å². The molecule has 3 heterocycles. The van der Waals surface area contributed by atoms with Crippen molar-refractivity contribution >= 4 is 29.9 Å². The van der Waals surface area contributed by atoms with E-state index in [4.69, 9.17) is 14.2 Å². The van der Waals surface area contributed by atoms with Gasteiger partial charge in [-0.1, -0.05) is 0 Å². The second kappa shape index (κ2) is 14.2. The van der Waals surface area contributed by atoms with Gasteiger partial charge in [0.1, 0.15) is 12.4 Å². The van der Waals surface area contributed by atoms with Crippen LogP contribution in [0.4, 0.5) is 0 Å². The molecule has 2 aliphatic rings. The number of nitrogens with one attached hydrogen (secondary N) is 2. The van der Waals surface area contributed by atoms with Crippen molar-refractivity contribution < 1.29 is 14.2 Å². The number of ether oxygens (including phenoxy) is 3. The molecule has 0 saturated carbocycles. The molecule has 2 N–H and O–H groups in total. The molecular weight excluding hydrogens is 499 g/mol. The third kappa shape index (κ3) is 8.64. The van der Waals surface area contributed by atoms with Gasteiger partial charge in [0.05, 0.1) is 6.10 Å². The van der Waals surface area contributed by atoms with Gasteiger partial charge < -0.3 is 29.4 Å². The molecule has 0 amide bonds. The standard InChI is InChI=1S/C20H36N6O3.HI/c1-16-24-25-19(26(16)2)14-23-20(22-13-18-5-3-10-29-18)21-8-4-9-28-15-17-6-11-27-12-7-17;/h17-18H,3-15H2,1-2H3,(H2,21,22,23);1H. The second-order valence-electron chi connectivity index (χ2n) is 7.81.